The van der Waals surface area contributed by atoms with Crippen molar-refractivity contribution in [3.05, 3.63) is 34.9 Å². The topological polar surface area (TPSA) is 59.1 Å². The summed E-state index contributed by atoms with van der Waals surface area (Å²) in [5, 5.41) is 0. The molecule has 1 fully saturated rings. The minimum Gasteiger partial charge on any atom is -0.497 e. The van der Waals surface area contributed by atoms with Crippen molar-refractivity contribution in [3.8, 4) is 5.75 Å². The molecular formula is C19H26N2O4. The van der Waals surface area contributed by atoms with Crippen LogP contribution in [-0.4, -0.2) is 61.7 Å². The number of nitrogens with zero attached hydrogens (tertiary/aromatic N) is 2. The molecule has 0 unspecified atom stereocenters. The van der Waals surface area contributed by atoms with Gasteiger partial charge in [-0.2, -0.15) is 0 Å². The molecule has 0 spiro atoms. The van der Waals surface area contributed by atoms with Gasteiger partial charge in [-0.15, -0.1) is 0 Å². The molecule has 0 bridgehead atoms. The molecule has 136 valence electrons. The first-order chi connectivity index (χ1) is 12.0. The second kappa shape index (κ2) is 8.55. The molecule has 6 nitrogen and oxygen atoms in total. The first-order valence-electron chi connectivity index (χ1n) is 8.50. The number of piperazine rings is 1. The largest absolute Gasteiger partial charge is 0.497 e. The van der Waals surface area contributed by atoms with Crippen LogP contribution in [0.2, 0.25) is 0 Å². The van der Waals surface area contributed by atoms with Crippen LogP contribution >= 0.6 is 0 Å². The zero-order chi connectivity index (χ0) is 18.4. The second-order valence-corrected chi connectivity index (χ2v) is 6.02. The lowest BCUT2D eigenvalue weighted by molar-refractivity contribution is -0.127. The van der Waals surface area contributed by atoms with Gasteiger partial charge in [0.05, 0.1) is 13.7 Å². The summed E-state index contributed by atoms with van der Waals surface area (Å²) >= 11 is 0. The predicted molar refractivity (Wildman–Crippen MR) is 96.7 cm³/mol. The SMILES string of the molecule is CCOC(=O)N1CCN(C(=O)/C=C/c2c(C)cc(OC)cc2C)CC1. The van der Waals surface area contributed by atoms with Gasteiger partial charge in [0.25, 0.3) is 0 Å². The van der Waals surface area contributed by atoms with E-state index in [-0.39, 0.29) is 12.0 Å². The lowest BCUT2D eigenvalue weighted by Gasteiger charge is -2.33. The Morgan fingerprint density at radius 2 is 1.64 bits per heavy atom. The molecule has 0 atom stereocenters. The second-order valence-electron chi connectivity index (χ2n) is 6.02. The fourth-order valence-electron chi connectivity index (χ4n) is 2.90. The number of carbonyl (C=O) groups is 2. The van der Waals surface area contributed by atoms with E-state index < -0.39 is 0 Å². The van der Waals surface area contributed by atoms with Gasteiger partial charge in [-0.3, -0.25) is 4.79 Å². The van der Waals surface area contributed by atoms with Gasteiger partial charge in [-0.25, -0.2) is 4.79 Å². The highest BCUT2D eigenvalue weighted by Crippen LogP contribution is 2.22. The summed E-state index contributed by atoms with van der Waals surface area (Å²) < 4.78 is 10.2. The fourth-order valence-corrected chi connectivity index (χ4v) is 2.90. The molecule has 0 saturated carbocycles. The number of aryl methyl sites for hydroxylation is 2. The van der Waals surface area contributed by atoms with E-state index in [1.807, 2.05) is 32.1 Å². The van der Waals surface area contributed by atoms with Crippen LogP contribution in [0.25, 0.3) is 6.08 Å². The van der Waals surface area contributed by atoms with Crippen molar-refractivity contribution in [3.63, 3.8) is 0 Å². The number of carbonyl (C=O) groups excluding carboxylic acids is 2. The van der Waals surface area contributed by atoms with Gasteiger partial charge in [0, 0.05) is 32.3 Å². The Labute approximate surface area is 149 Å². The van der Waals surface area contributed by atoms with Crippen molar-refractivity contribution in [1.29, 1.82) is 0 Å². The van der Waals surface area contributed by atoms with E-state index >= 15 is 0 Å². The number of benzene rings is 1. The molecule has 1 aliphatic rings. The zero-order valence-electron chi connectivity index (χ0n) is 15.4. The summed E-state index contributed by atoms with van der Waals surface area (Å²) in [6, 6.07) is 3.91. The van der Waals surface area contributed by atoms with Crippen LogP contribution in [0, 0.1) is 13.8 Å². The number of methoxy groups -OCH3 is 1. The van der Waals surface area contributed by atoms with Crippen LogP contribution in [-0.2, 0) is 9.53 Å². The van der Waals surface area contributed by atoms with Gasteiger partial charge in [0.2, 0.25) is 5.91 Å². The lowest BCUT2D eigenvalue weighted by atomic mass is 10.0. The molecule has 2 amide bonds. The average Bonchev–Trinajstić information content (AvgIpc) is 2.61. The third-order valence-corrected chi connectivity index (χ3v) is 4.31. The first-order valence-corrected chi connectivity index (χ1v) is 8.50. The van der Waals surface area contributed by atoms with Gasteiger partial charge in [0.15, 0.2) is 0 Å². The van der Waals surface area contributed by atoms with Gasteiger partial charge < -0.3 is 19.3 Å². The number of hydrogen-bond donors (Lipinski definition) is 0. The van der Waals surface area contributed by atoms with Crippen LogP contribution in [0.5, 0.6) is 5.75 Å². The molecular weight excluding hydrogens is 320 g/mol. The third-order valence-electron chi connectivity index (χ3n) is 4.31. The van der Waals surface area contributed by atoms with Crippen LogP contribution in [0.3, 0.4) is 0 Å². The van der Waals surface area contributed by atoms with Gasteiger partial charge in [-0.05, 0) is 55.7 Å². The van der Waals surface area contributed by atoms with Crippen LogP contribution in [0.4, 0.5) is 4.79 Å². The maximum atomic E-state index is 12.4. The molecule has 0 aliphatic carbocycles. The van der Waals surface area contributed by atoms with Crippen molar-refractivity contribution in [1.82, 2.24) is 9.80 Å². The van der Waals surface area contributed by atoms with Gasteiger partial charge in [0.1, 0.15) is 5.75 Å². The number of rotatable bonds is 4. The molecule has 0 N–H and O–H groups in total. The zero-order valence-corrected chi connectivity index (χ0v) is 15.4. The summed E-state index contributed by atoms with van der Waals surface area (Å²) in [7, 11) is 1.64. The third kappa shape index (κ3) is 4.75. The Hall–Kier alpha value is -2.50. The van der Waals surface area contributed by atoms with Crippen LogP contribution in [0.15, 0.2) is 18.2 Å². The lowest BCUT2D eigenvalue weighted by Crippen LogP contribution is -2.50. The van der Waals surface area contributed by atoms with Crippen molar-refractivity contribution in [2.45, 2.75) is 20.8 Å². The summed E-state index contributed by atoms with van der Waals surface area (Å²) in [5.41, 5.74) is 3.15. The van der Waals surface area contributed by atoms with Crippen molar-refractivity contribution >= 4 is 18.1 Å². The smallest absolute Gasteiger partial charge is 0.409 e. The molecule has 6 heteroatoms. The Balaban J connectivity index is 1.97. The molecule has 0 aromatic heterocycles. The Bertz CT molecular complexity index is 638. The van der Waals surface area contributed by atoms with Crippen LogP contribution in [0.1, 0.15) is 23.6 Å². The van der Waals surface area contributed by atoms with Crippen molar-refractivity contribution < 1.29 is 19.1 Å². The maximum Gasteiger partial charge on any atom is 0.409 e. The molecule has 1 aromatic carbocycles. The summed E-state index contributed by atoms with van der Waals surface area (Å²) in [6.07, 6.45) is 3.14. The standard InChI is InChI=1S/C19H26N2O4/c1-5-25-19(23)21-10-8-20(9-11-21)18(22)7-6-17-14(2)12-16(24-4)13-15(17)3/h6-7,12-13H,5,8-11H2,1-4H3/b7-6+. The summed E-state index contributed by atoms with van der Waals surface area (Å²) in [5.74, 6) is 0.770. The number of ether oxygens (including phenoxy) is 2. The van der Waals surface area contributed by atoms with E-state index in [1.165, 1.54) is 0 Å². The Morgan fingerprint density at radius 3 is 2.16 bits per heavy atom. The molecule has 1 heterocycles. The molecule has 2 rings (SSSR count). The maximum absolute atomic E-state index is 12.4. The highest BCUT2D eigenvalue weighted by molar-refractivity contribution is 5.92. The van der Waals surface area contributed by atoms with E-state index in [4.69, 9.17) is 9.47 Å². The van der Waals surface area contributed by atoms with E-state index in [0.29, 0.717) is 32.8 Å². The van der Waals surface area contributed by atoms with E-state index in [0.717, 1.165) is 22.4 Å². The van der Waals surface area contributed by atoms with Crippen LogP contribution < -0.4 is 4.74 Å². The van der Waals surface area contributed by atoms with Crippen molar-refractivity contribution in [2.75, 3.05) is 39.9 Å². The predicted octanol–water partition coefficient (Wildman–Crippen LogP) is 2.63. The van der Waals surface area contributed by atoms with Gasteiger partial charge >= 0.3 is 6.09 Å². The Morgan fingerprint density at radius 1 is 1.08 bits per heavy atom. The molecule has 1 aliphatic heterocycles. The van der Waals surface area contributed by atoms with E-state index in [9.17, 15) is 9.59 Å². The molecule has 0 radical (unpaired) electrons. The first kappa shape index (κ1) is 18.8. The van der Waals surface area contributed by atoms with E-state index in [2.05, 4.69) is 0 Å². The van der Waals surface area contributed by atoms with Gasteiger partial charge in [-0.1, -0.05) is 0 Å². The number of amides is 2. The monoisotopic (exact) mass is 346 g/mol. The average molecular weight is 346 g/mol. The Kier molecular flexibility index (Phi) is 6.44. The molecule has 1 aromatic rings. The minimum atomic E-state index is -0.311. The highest BCUT2D eigenvalue weighted by Gasteiger charge is 2.23. The molecule has 1 saturated heterocycles. The minimum absolute atomic E-state index is 0.0434. The highest BCUT2D eigenvalue weighted by atomic mass is 16.6. The number of hydrogen-bond acceptors (Lipinski definition) is 4. The molecule has 25 heavy (non-hydrogen) atoms. The summed E-state index contributed by atoms with van der Waals surface area (Å²) in [6.45, 7) is 8.17. The normalized spacial score (nSPS) is 14.7. The van der Waals surface area contributed by atoms with E-state index in [1.54, 1.807) is 29.9 Å². The summed E-state index contributed by atoms with van der Waals surface area (Å²) in [4.78, 5) is 27.5. The van der Waals surface area contributed by atoms with Crippen molar-refractivity contribution in [2.24, 2.45) is 0 Å². The fraction of sp³-hybridized carbons (Fsp3) is 0.474. The quantitative estimate of drug-likeness (QED) is 0.787.